The molecule has 0 atom stereocenters. The van der Waals surface area contributed by atoms with Gasteiger partial charge >= 0.3 is 0 Å². The normalized spacial score (nSPS) is 10.7. The smallest absolute Gasteiger partial charge is 0.248 e. The van der Waals surface area contributed by atoms with Gasteiger partial charge < -0.3 is 20.5 Å². The van der Waals surface area contributed by atoms with Gasteiger partial charge in [-0.2, -0.15) is 0 Å². The van der Waals surface area contributed by atoms with Crippen molar-refractivity contribution < 1.29 is 19.1 Å². The van der Waals surface area contributed by atoms with Crippen LogP contribution in [0.4, 0.5) is 0 Å². The number of rotatable bonds is 12. The first-order chi connectivity index (χ1) is 14.5. The van der Waals surface area contributed by atoms with Crippen LogP contribution in [0.3, 0.4) is 0 Å². The molecule has 0 unspecified atom stereocenters. The lowest BCUT2D eigenvalue weighted by molar-refractivity contribution is -0.116. The highest BCUT2D eigenvalue weighted by molar-refractivity contribution is 5.93. The first-order valence-corrected chi connectivity index (χ1v) is 10.2. The summed E-state index contributed by atoms with van der Waals surface area (Å²) in [5, 5.41) is 2.85. The molecule has 2 aromatic carbocycles. The molecular formula is C24H30N2O4. The molecule has 30 heavy (non-hydrogen) atoms. The minimum Gasteiger partial charge on any atom is -0.493 e. The molecule has 0 radical (unpaired) electrons. The highest BCUT2D eigenvalue weighted by Gasteiger charge is 2.05. The van der Waals surface area contributed by atoms with Crippen molar-refractivity contribution in [2.75, 3.05) is 20.3 Å². The summed E-state index contributed by atoms with van der Waals surface area (Å²) in [6.07, 6.45) is 7.16. The van der Waals surface area contributed by atoms with Gasteiger partial charge in [-0.1, -0.05) is 38.0 Å². The zero-order chi connectivity index (χ0) is 21.8. The number of carbonyl (C=O) groups is 2. The van der Waals surface area contributed by atoms with Crippen molar-refractivity contribution in [3.05, 3.63) is 65.2 Å². The number of ether oxygens (including phenoxy) is 2. The Labute approximate surface area is 178 Å². The van der Waals surface area contributed by atoms with E-state index in [2.05, 4.69) is 12.2 Å². The SMILES string of the molecule is CCCCCOc1cc(C=CC(=O)NCCc2ccc(C(N)=O)cc2)ccc1OC. The zero-order valence-corrected chi connectivity index (χ0v) is 17.6. The lowest BCUT2D eigenvalue weighted by Crippen LogP contribution is -2.23. The largest absolute Gasteiger partial charge is 0.493 e. The fourth-order valence-electron chi connectivity index (χ4n) is 2.84. The Morgan fingerprint density at radius 2 is 1.83 bits per heavy atom. The standard InChI is InChI=1S/C24H30N2O4/c1-3-4-5-16-30-22-17-19(8-12-21(22)29-2)9-13-23(27)26-15-14-18-6-10-20(11-7-18)24(25)28/h6-13,17H,3-5,14-16H2,1-2H3,(H2,25,28)(H,26,27). The van der Waals surface area contributed by atoms with Crippen molar-refractivity contribution >= 4 is 17.9 Å². The molecule has 0 saturated heterocycles. The van der Waals surface area contributed by atoms with Crippen LogP contribution in [0.25, 0.3) is 6.08 Å². The van der Waals surface area contributed by atoms with Crippen LogP contribution in [0.5, 0.6) is 11.5 Å². The maximum absolute atomic E-state index is 12.1. The molecule has 160 valence electrons. The van der Waals surface area contributed by atoms with E-state index in [1.165, 1.54) is 6.08 Å². The van der Waals surface area contributed by atoms with Crippen LogP contribution < -0.4 is 20.5 Å². The van der Waals surface area contributed by atoms with Gasteiger partial charge in [-0.15, -0.1) is 0 Å². The summed E-state index contributed by atoms with van der Waals surface area (Å²) in [6.45, 7) is 3.28. The fourth-order valence-corrected chi connectivity index (χ4v) is 2.84. The lowest BCUT2D eigenvalue weighted by atomic mass is 10.1. The van der Waals surface area contributed by atoms with Crippen molar-refractivity contribution in [2.24, 2.45) is 5.73 Å². The van der Waals surface area contributed by atoms with Gasteiger partial charge in [0.05, 0.1) is 13.7 Å². The Morgan fingerprint density at radius 1 is 1.07 bits per heavy atom. The third kappa shape index (κ3) is 7.62. The minimum absolute atomic E-state index is 0.176. The number of methoxy groups -OCH3 is 1. The van der Waals surface area contributed by atoms with Crippen LogP contribution in [-0.4, -0.2) is 32.1 Å². The average Bonchev–Trinajstić information content (AvgIpc) is 2.75. The van der Waals surface area contributed by atoms with E-state index >= 15 is 0 Å². The predicted octanol–water partition coefficient (Wildman–Crippen LogP) is 3.74. The third-order valence-electron chi connectivity index (χ3n) is 4.57. The molecule has 0 fully saturated rings. The van der Waals surface area contributed by atoms with Crippen LogP contribution in [0.2, 0.25) is 0 Å². The molecule has 0 heterocycles. The first kappa shape index (κ1) is 23.0. The number of carbonyl (C=O) groups excluding carboxylic acids is 2. The van der Waals surface area contributed by atoms with Crippen LogP contribution in [0.15, 0.2) is 48.5 Å². The van der Waals surface area contributed by atoms with E-state index < -0.39 is 5.91 Å². The number of hydrogen-bond donors (Lipinski definition) is 2. The van der Waals surface area contributed by atoms with Crippen LogP contribution >= 0.6 is 0 Å². The Balaban J connectivity index is 1.85. The maximum atomic E-state index is 12.1. The van der Waals surface area contributed by atoms with E-state index in [-0.39, 0.29) is 5.91 Å². The van der Waals surface area contributed by atoms with E-state index in [0.29, 0.717) is 36.6 Å². The maximum Gasteiger partial charge on any atom is 0.248 e. The molecule has 0 spiro atoms. The fraction of sp³-hybridized carbons (Fsp3) is 0.333. The topological polar surface area (TPSA) is 90.6 Å². The molecule has 2 rings (SSSR count). The summed E-state index contributed by atoms with van der Waals surface area (Å²) in [6, 6.07) is 12.6. The minimum atomic E-state index is -0.451. The number of primary amides is 1. The average molecular weight is 411 g/mol. The molecule has 6 nitrogen and oxygen atoms in total. The highest BCUT2D eigenvalue weighted by atomic mass is 16.5. The molecule has 2 amide bonds. The van der Waals surface area contributed by atoms with Gasteiger partial charge in [0.1, 0.15) is 0 Å². The summed E-state index contributed by atoms with van der Waals surface area (Å²) >= 11 is 0. The molecular weight excluding hydrogens is 380 g/mol. The Bertz CT molecular complexity index is 860. The highest BCUT2D eigenvalue weighted by Crippen LogP contribution is 2.28. The van der Waals surface area contributed by atoms with Crippen molar-refractivity contribution in [3.63, 3.8) is 0 Å². The predicted molar refractivity (Wildman–Crippen MR) is 119 cm³/mol. The summed E-state index contributed by atoms with van der Waals surface area (Å²) in [7, 11) is 1.61. The van der Waals surface area contributed by atoms with Crippen LogP contribution in [0, 0.1) is 0 Å². The number of nitrogens with two attached hydrogens (primary N) is 1. The quantitative estimate of drug-likeness (QED) is 0.412. The molecule has 0 aliphatic carbocycles. The molecule has 0 aliphatic rings. The summed E-state index contributed by atoms with van der Waals surface area (Å²) in [5.74, 6) is 0.726. The second-order valence-corrected chi connectivity index (χ2v) is 6.90. The number of amides is 2. The number of nitrogens with one attached hydrogen (secondary N) is 1. The van der Waals surface area contributed by atoms with Crippen molar-refractivity contribution in [1.29, 1.82) is 0 Å². The Morgan fingerprint density at radius 3 is 2.50 bits per heavy atom. The number of hydrogen-bond acceptors (Lipinski definition) is 4. The summed E-state index contributed by atoms with van der Waals surface area (Å²) in [4.78, 5) is 23.2. The first-order valence-electron chi connectivity index (χ1n) is 10.2. The lowest BCUT2D eigenvalue weighted by Gasteiger charge is -2.11. The van der Waals surface area contributed by atoms with Crippen molar-refractivity contribution in [2.45, 2.75) is 32.6 Å². The van der Waals surface area contributed by atoms with E-state index in [4.69, 9.17) is 15.2 Å². The van der Waals surface area contributed by atoms with Gasteiger partial charge in [0.25, 0.3) is 0 Å². The van der Waals surface area contributed by atoms with E-state index in [1.54, 1.807) is 25.3 Å². The van der Waals surface area contributed by atoms with Crippen LogP contribution in [0.1, 0.15) is 47.7 Å². The van der Waals surface area contributed by atoms with Gasteiger partial charge in [0, 0.05) is 18.2 Å². The second kappa shape index (κ2) is 12.3. The van der Waals surface area contributed by atoms with Crippen molar-refractivity contribution in [1.82, 2.24) is 5.32 Å². The van der Waals surface area contributed by atoms with Gasteiger partial charge in [0.2, 0.25) is 11.8 Å². The molecule has 2 aromatic rings. The number of benzene rings is 2. The zero-order valence-electron chi connectivity index (χ0n) is 17.6. The van der Waals surface area contributed by atoms with Gasteiger partial charge in [-0.3, -0.25) is 9.59 Å². The third-order valence-corrected chi connectivity index (χ3v) is 4.57. The van der Waals surface area contributed by atoms with E-state index in [0.717, 1.165) is 30.4 Å². The monoisotopic (exact) mass is 410 g/mol. The molecule has 0 bridgehead atoms. The molecule has 6 heteroatoms. The van der Waals surface area contributed by atoms with Gasteiger partial charge in [-0.05, 0) is 54.3 Å². The molecule has 0 aliphatic heterocycles. The van der Waals surface area contributed by atoms with Gasteiger partial charge in [0.15, 0.2) is 11.5 Å². The summed E-state index contributed by atoms with van der Waals surface area (Å²) in [5.41, 5.74) is 7.58. The summed E-state index contributed by atoms with van der Waals surface area (Å²) < 4.78 is 11.2. The molecule has 0 saturated carbocycles. The molecule has 0 aromatic heterocycles. The number of unbranched alkanes of at least 4 members (excludes halogenated alkanes) is 2. The van der Waals surface area contributed by atoms with Crippen LogP contribution in [-0.2, 0) is 11.2 Å². The Kier molecular flexibility index (Phi) is 9.45. The Hall–Kier alpha value is -3.28. The molecule has 3 N–H and O–H groups in total. The second-order valence-electron chi connectivity index (χ2n) is 6.90. The van der Waals surface area contributed by atoms with Crippen molar-refractivity contribution in [3.8, 4) is 11.5 Å². The van der Waals surface area contributed by atoms with Gasteiger partial charge in [-0.25, -0.2) is 0 Å². The van der Waals surface area contributed by atoms with E-state index in [1.807, 2.05) is 30.3 Å². The van der Waals surface area contributed by atoms with E-state index in [9.17, 15) is 9.59 Å².